The quantitative estimate of drug-likeness (QED) is 0.707. The summed E-state index contributed by atoms with van der Waals surface area (Å²) < 4.78 is 0. The molecule has 0 atom stereocenters. The summed E-state index contributed by atoms with van der Waals surface area (Å²) in [5, 5.41) is 10.9. The van der Waals surface area contributed by atoms with Crippen molar-refractivity contribution >= 4 is 29.1 Å². The number of carbonyl (C=O) groups excluding carboxylic acids is 2. The third-order valence-electron chi connectivity index (χ3n) is 4.75. The molecule has 1 aliphatic rings. The first-order valence-electron chi connectivity index (χ1n) is 9.00. The Balaban J connectivity index is 1.60. The van der Waals surface area contributed by atoms with Crippen LogP contribution in [0, 0.1) is 0 Å². The van der Waals surface area contributed by atoms with Crippen molar-refractivity contribution in [3.63, 3.8) is 0 Å². The molecule has 1 aromatic heterocycles. The minimum Gasteiger partial charge on any atom is -0.334 e. The zero-order valence-corrected chi connectivity index (χ0v) is 16.1. The molecule has 6 nitrogen and oxygen atoms in total. The Morgan fingerprint density at radius 3 is 2.79 bits per heavy atom. The molecule has 7 heteroatoms. The fourth-order valence-electron chi connectivity index (χ4n) is 3.46. The minimum absolute atomic E-state index is 0.0731. The lowest BCUT2D eigenvalue weighted by Crippen LogP contribution is -2.36. The summed E-state index contributed by atoms with van der Waals surface area (Å²) in [6, 6.07) is 14.5. The highest BCUT2D eigenvalue weighted by Crippen LogP contribution is 2.30. The first kappa shape index (κ1) is 18.3. The van der Waals surface area contributed by atoms with Gasteiger partial charge < -0.3 is 10.2 Å². The van der Waals surface area contributed by atoms with Gasteiger partial charge in [-0.25, -0.2) is 0 Å². The normalized spacial score (nSPS) is 13.1. The van der Waals surface area contributed by atoms with Crippen LogP contribution < -0.4 is 5.32 Å². The molecule has 0 saturated heterocycles. The molecule has 2 amide bonds. The highest BCUT2D eigenvalue weighted by atomic mass is 35.5. The van der Waals surface area contributed by atoms with E-state index in [-0.39, 0.29) is 11.8 Å². The minimum atomic E-state index is -0.170. The summed E-state index contributed by atoms with van der Waals surface area (Å²) in [4.78, 5) is 26.1. The van der Waals surface area contributed by atoms with Crippen LogP contribution >= 0.6 is 11.6 Å². The Labute approximate surface area is 167 Å². The van der Waals surface area contributed by atoms with Crippen LogP contribution in [0.4, 0.5) is 5.69 Å². The Bertz CT molecular complexity index is 1060. The topological polar surface area (TPSA) is 78.1 Å². The van der Waals surface area contributed by atoms with Gasteiger partial charge in [0.05, 0.1) is 5.69 Å². The van der Waals surface area contributed by atoms with E-state index >= 15 is 0 Å². The highest BCUT2D eigenvalue weighted by molar-refractivity contribution is 6.30. The Morgan fingerprint density at radius 2 is 2.00 bits per heavy atom. The number of amides is 2. The summed E-state index contributed by atoms with van der Waals surface area (Å²) in [6.45, 7) is 2.52. The lowest BCUT2D eigenvalue weighted by molar-refractivity contribution is -0.114. The Morgan fingerprint density at radius 1 is 1.18 bits per heavy atom. The van der Waals surface area contributed by atoms with E-state index in [1.165, 1.54) is 6.92 Å². The summed E-state index contributed by atoms with van der Waals surface area (Å²) in [6.07, 6.45) is 0.708. The zero-order valence-electron chi connectivity index (χ0n) is 15.3. The molecule has 0 saturated carbocycles. The van der Waals surface area contributed by atoms with Crippen LogP contribution in [0.15, 0.2) is 48.5 Å². The molecule has 0 fully saturated rings. The van der Waals surface area contributed by atoms with Crippen molar-refractivity contribution in [3.8, 4) is 11.3 Å². The van der Waals surface area contributed by atoms with Gasteiger partial charge >= 0.3 is 0 Å². The predicted octanol–water partition coefficient (Wildman–Crippen LogP) is 3.89. The summed E-state index contributed by atoms with van der Waals surface area (Å²) in [5.74, 6) is -0.243. The second-order valence-corrected chi connectivity index (χ2v) is 7.21. The number of nitrogens with one attached hydrogen (secondary N) is 2. The summed E-state index contributed by atoms with van der Waals surface area (Å²) in [5.41, 5.74) is 4.96. The van der Waals surface area contributed by atoms with Gasteiger partial charge in [-0.1, -0.05) is 29.8 Å². The van der Waals surface area contributed by atoms with Gasteiger partial charge in [-0.05, 0) is 30.3 Å². The van der Waals surface area contributed by atoms with Crippen LogP contribution in [-0.2, 0) is 17.8 Å². The molecule has 28 heavy (non-hydrogen) atoms. The van der Waals surface area contributed by atoms with Crippen LogP contribution in [0.25, 0.3) is 11.3 Å². The maximum Gasteiger partial charge on any atom is 0.254 e. The van der Waals surface area contributed by atoms with E-state index < -0.39 is 0 Å². The van der Waals surface area contributed by atoms with E-state index in [9.17, 15) is 9.59 Å². The molecular weight excluding hydrogens is 376 g/mol. The Kier molecular flexibility index (Phi) is 4.88. The number of carbonyl (C=O) groups is 2. The van der Waals surface area contributed by atoms with E-state index in [2.05, 4.69) is 15.5 Å². The van der Waals surface area contributed by atoms with Gasteiger partial charge in [0, 0.05) is 59.5 Å². The molecule has 0 aliphatic carbocycles. The van der Waals surface area contributed by atoms with E-state index in [1.807, 2.05) is 24.3 Å². The second-order valence-electron chi connectivity index (χ2n) is 6.78. The Hall–Kier alpha value is -3.12. The highest BCUT2D eigenvalue weighted by Gasteiger charge is 2.26. The number of aromatic amines is 1. The molecule has 3 aromatic rings. The molecular formula is C21H19ClN4O2. The predicted molar refractivity (Wildman–Crippen MR) is 108 cm³/mol. The van der Waals surface area contributed by atoms with E-state index in [4.69, 9.17) is 11.6 Å². The average molecular weight is 395 g/mol. The monoisotopic (exact) mass is 394 g/mol. The van der Waals surface area contributed by atoms with Crippen LogP contribution in [0.1, 0.15) is 28.5 Å². The molecule has 0 unspecified atom stereocenters. The van der Waals surface area contributed by atoms with E-state index in [1.54, 1.807) is 29.2 Å². The van der Waals surface area contributed by atoms with Gasteiger partial charge in [0.15, 0.2) is 0 Å². The summed E-state index contributed by atoms with van der Waals surface area (Å²) in [7, 11) is 0. The number of anilines is 1. The van der Waals surface area contributed by atoms with Gasteiger partial charge in [0.1, 0.15) is 0 Å². The van der Waals surface area contributed by atoms with Crippen LogP contribution in [0.2, 0.25) is 5.02 Å². The average Bonchev–Trinajstić information content (AvgIpc) is 3.10. The standard InChI is InChI=1S/C21H19ClN4O2/c1-13(27)23-17-7-3-5-15(11-17)21(28)26-9-8-19-18(12-26)20(25-24-19)14-4-2-6-16(22)10-14/h2-7,10-11H,8-9,12H2,1H3,(H,23,27)(H,24,25). The lowest BCUT2D eigenvalue weighted by Gasteiger charge is -2.27. The number of rotatable bonds is 3. The van der Waals surface area contributed by atoms with E-state index in [0.29, 0.717) is 35.8 Å². The molecule has 2 heterocycles. The molecule has 0 radical (unpaired) electrons. The first-order chi connectivity index (χ1) is 13.5. The van der Waals surface area contributed by atoms with Gasteiger partial charge in [-0.15, -0.1) is 0 Å². The van der Waals surface area contributed by atoms with Crippen molar-refractivity contribution in [2.45, 2.75) is 19.9 Å². The van der Waals surface area contributed by atoms with Gasteiger partial charge in [0.25, 0.3) is 5.91 Å². The third-order valence-corrected chi connectivity index (χ3v) is 4.98. The van der Waals surface area contributed by atoms with Crippen molar-refractivity contribution in [1.29, 1.82) is 0 Å². The van der Waals surface area contributed by atoms with Crippen molar-refractivity contribution in [2.75, 3.05) is 11.9 Å². The van der Waals surface area contributed by atoms with Crippen LogP contribution in [0.5, 0.6) is 0 Å². The maximum absolute atomic E-state index is 13.0. The summed E-state index contributed by atoms with van der Waals surface area (Å²) >= 11 is 6.12. The fraction of sp³-hybridized carbons (Fsp3) is 0.190. The van der Waals surface area contributed by atoms with Crippen molar-refractivity contribution in [1.82, 2.24) is 15.1 Å². The molecule has 0 bridgehead atoms. The second kappa shape index (κ2) is 7.48. The maximum atomic E-state index is 13.0. The van der Waals surface area contributed by atoms with Crippen molar-refractivity contribution in [3.05, 3.63) is 70.4 Å². The van der Waals surface area contributed by atoms with Crippen molar-refractivity contribution < 1.29 is 9.59 Å². The number of H-pyrrole nitrogens is 1. The number of nitrogens with zero attached hydrogens (tertiary/aromatic N) is 2. The third kappa shape index (κ3) is 3.64. The first-order valence-corrected chi connectivity index (χ1v) is 9.38. The molecule has 2 aromatic carbocycles. The van der Waals surface area contributed by atoms with Crippen molar-refractivity contribution in [2.24, 2.45) is 0 Å². The molecule has 2 N–H and O–H groups in total. The number of benzene rings is 2. The molecule has 4 rings (SSSR count). The van der Waals surface area contributed by atoms with Gasteiger partial charge in [0.2, 0.25) is 5.91 Å². The zero-order chi connectivity index (χ0) is 19.7. The van der Waals surface area contributed by atoms with E-state index in [0.717, 1.165) is 22.5 Å². The van der Waals surface area contributed by atoms with Crippen LogP contribution in [-0.4, -0.2) is 33.5 Å². The SMILES string of the molecule is CC(=O)Nc1cccc(C(=O)N2CCc3[nH]nc(-c4cccc(Cl)c4)c3C2)c1. The number of aromatic nitrogens is 2. The smallest absolute Gasteiger partial charge is 0.254 e. The fourth-order valence-corrected chi connectivity index (χ4v) is 3.65. The van der Waals surface area contributed by atoms with Crippen LogP contribution in [0.3, 0.4) is 0 Å². The molecule has 0 spiro atoms. The largest absolute Gasteiger partial charge is 0.334 e. The van der Waals surface area contributed by atoms with Gasteiger partial charge in [-0.2, -0.15) is 5.10 Å². The molecule has 142 valence electrons. The number of hydrogen-bond donors (Lipinski definition) is 2. The molecule has 1 aliphatic heterocycles. The number of hydrogen-bond acceptors (Lipinski definition) is 3. The number of fused-ring (bicyclic) bond motifs is 1. The van der Waals surface area contributed by atoms with Gasteiger partial charge in [-0.3, -0.25) is 14.7 Å². The lowest BCUT2D eigenvalue weighted by atomic mass is 10.0. The number of halogens is 1.